The summed E-state index contributed by atoms with van der Waals surface area (Å²) in [6.07, 6.45) is 1.69. The highest BCUT2D eigenvalue weighted by atomic mass is 19.1. The van der Waals surface area contributed by atoms with Crippen LogP contribution in [0.4, 0.5) is 10.2 Å². The van der Waals surface area contributed by atoms with Gasteiger partial charge in [-0.3, -0.25) is 4.79 Å². The number of nitrogens with one attached hydrogen (secondary N) is 1. The third-order valence-corrected chi connectivity index (χ3v) is 5.11. The molecule has 4 aromatic rings. The van der Waals surface area contributed by atoms with Crippen molar-refractivity contribution in [3.05, 3.63) is 100 Å². The highest BCUT2D eigenvalue weighted by Gasteiger charge is 2.15. The molecule has 7 heteroatoms. The fourth-order valence-electron chi connectivity index (χ4n) is 3.32. The molecule has 6 nitrogen and oxygen atoms in total. The second kappa shape index (κ2) is 9.01. The molecule has 0 saturated carbocycles. The van der Waals surface area contributed by atoms with Gasteiger partial charge in [-0.05, 0) is 37.1 Å². The Balaban J connectivity index is 1.75. The number of ether oxygens (including phenoxy) is 1. The second-order valence-corrected chi connectivity index (χ2v) is 7.55. The second-order valence-electron chi connectivity index (χ2n) is 7.55. The van der Waals surface area contributed by atoms with Crippen LogP contribution in [-0.4, -0.2) is 14.5 Å². The molecular formula is C25H23FN4O2. The van der Waals surface area contributed by atoms with Crippen LogP contribution in [0.2, 0.25) is 0 Å². The Bertz CT molecular complexity index is 1280. The van der Waals surface area contributed by atoms with Crippen molar-refractivity contribution < 1.29 is 9.13 Å². The summed E-state index contributed by atoms with van der Waals surface area (Å²) in [7, 11) is 1.67. The maximum atomic E-state index is 14.4. The monoisotopic (exact) mass is 430 g/mol. The summed E-state index contributed by atoms with van der Waals surface area (Å²) in [4.78, 5) is 20.7. The fraction of sp³-hybridized carbons (Fsp3) is 0.160. The number of aryl methyl sites for hydroxylation is 2. The number of hydrogen-bond acceptors (Lipinski definition) is 5. The van der Waals surface area contributed by atoms with Gasteiger partial charge in [0.1, 0.15) is 5.82 Å². The van der Waals surface area contributed by atoms with Crippen LogP contribution >= 0.6 is 0 Å². The van der Waals surface area contributed by atoms with E-state index in [1.807, 2.05) is 37.3 Å². The highest BCUT2D eigenvalue weighted by molar-refractivity contribution is 5.62. The minimum Gasteiger partial charge on any atom is -0.421 e. The van der Waals surface area contributed by atoms with Crippen LogP contribution in [0, 0.1) is 12.7 Å². The number of anilines is 1. The summed E-state index contributed by atoms with van der Waals surface area (Å²) in [5, 5.41) is 3.36. The van der Waals surface area contributed by atoms with Crippen molar-refractivity contribution in [2.75, 3.05) is 5.32 Å². The summed E-state index contributed by atoms with van der Waals surface area (Å²) in [6, 6.07) is 19.6. The van der Waals surface area contributed by atoms with Crippen LogP contribution in [0.1, 0.15) is 24.1 Å². The van der Waals surface area contributed by atoms with Crippen LogP contribution in [0.25, 0.3) is 11.3 Å². The van der Waals surface area contributed by atoms with Crippen LogP contribution in [-0.2, 0) is 7.05 Å². The zero-order chi connectivity index (χ0) is 22.7. The quantitative estimate of drug-likeness (QED) is 0.452. The molecule has 162 valence electrons. The van der Waals surface area contributed by atoms with Crippen molar-refractivity contribution in [1.29, 1.82) is 0 Å². The lowest BCUT2D eigenvalue weighted by atomic mass is 10.1. The van der Waals surface area contributed by atoms with Gasteiger partial charge in [-0.25, -0.2) is 4.39 Å². The Kier molecular flexibility index (Phi) is 5.98. The Morgan fingerprint density at radius 1 is 1.03 bits per heavy atom. The van der Waals surface area contributed by atoms with Gasteiger partial charge >= 0.3 is 6.01 Å². The summed E-state index contributed by atoms with van der Waals surface area (Å²) < 4.78 is 21.6. The largest absolute Gasteiger partial charge is 0.421 e. The first kappa shape index (κ1) is 21.2. The van der Waals surface area contributed by atoms with Gasteiger partial charge in [0.15, 0.2) is 11.6 Å². The smallest absolute Gasteiger partial charge is 0.324 e. The van der Waals surface area contributed by atoms with Crippen molar-refractivity contribution in [2.24, 2.45) is 7.05 Å². The van der Waals surface area contributed by atoms with E-state index in [9.17, 15) is 9.18 Å². The van der Waals surface area contributed by atoms with E-state index >= 15 is 0 Å². The molecular weight excluding hydrogens is 407 g/mol. The van der Waals surface area contributed by atoms with E-state index in [1.165, 1.54) is 16.7 Å². The van der Waals surface area contributed by atoms with E-state index in [-0.39, 0.29) is 23.4 Å². The normalized spacial score (nSPS) is 11.8. The van der Waals surface area contributed by atoms with Crippen LogP contribution in [0.3, 0.4) is 0 Å². The molecule has 0 amide bonds. The maximum absolute atomic E-state index is 14.4. The highest BCUT2D eigenvalue weighted by Crippen LogP contribution is 2.30. The zero-order valence-electron chi connectivity index (χ0n) is 18.0. The molecule has 0 bridgehead atoms. The van der Waals surface area contributed by atoms with Crippen molar-refractivity contribution in [3.63, 3.8) is 0 Å². The summed E-state index contributed by atoms with van der Waals surface area (Å²) >= 11 is 0. The van der Waals surface area contributed by atoms with E-state index in [0.717, 1.165) is 5.56 Å². The number of nitrogens with zero attached hydrogens (tertiary/aromatic N) is 3. The molecule has 1 N–H and O–H groups in total. The number of rotatable bonds is 6. The molecule has 0 saturated heterocycles. The lowest BCUT2D eigenvalue weighted by Gasteiger charge is -2.17. The molecule has 0 fully saturated rings. The predicted molar refractivity (Wildman–Crippen MR) is 122 cm³/mol. The molecule has 4 rings (SSSR count). The molecule has 2 heterocycles. The number of hydrogen-bond donors (Lipinski definition) is 1. The molecule has 0 aliphatic heterocycles. The van der Waals surface area contributed by atoms with Gasteiger partial charge in [-0.1, -0.05) is 42.5 Å². The number of benzene rings is 2. The van der Waals surface area contributed by atoms with Gasteiger partial charge in [0.05, 0.1) is 5.69 Å². The minimum atomic E-state index is -0.492. The average Bonchev–Trinajstić information content (AvgIpc) is 2.78. The lowest BCUT2D eigenvalue weighted by molar-refractivity contribution is 0.409. The van der Waals surface area contributed by atoms with Gasteiger partial charge in [-0.2, -0.15) is 9.97 Å². The number of para-hydroxylation sites is 1. The van der Waals surface area contributed by atoms with E-state index < -0.39 is 5.82 Å². The summed E-state index contributed by atoms with van der Waals surface area (Å²) in [6.45, 7) is 3.77. The van der Waals surface area contributed by atoms with Crippen molar-refractivity contribution in [2.45, 2.75) is 19.9 Å². The third-order valence-electron chi connectivity index (χ3n) is 5.11. The van der Waals surface area contributed by atoms with Crippen molar-refractivity contribution >= 4 is 5.82 Å². The average molecular weight is 430 g/mol. The van der Waals surface area contributed by atoms with Crippen LogP contribution in [0.5, 0.6) is 11.8 Å². The first-order chi connectivity index (χ1) is 15.4. The molecule has 1 unspecified atom stereocenters. The number of aromatic nitrogens is 3. The van der Waals surface area contributed by atoms with Gasteiger partial charge in [0.2, 0.25) is 5.56 Å². The minimum absolute atomic E-state index is 0.00677. The molecule has 0 radical (unpaired) electrons. The van der Waals surface area contributed by atoms with Crippen molar-refractivity contribution in [1.82, 2.24) is 14.5 Å². The lowest BCUT2D eigenvalue weighted by Crippen LogP contribution is -2.14. The van der Waals surface area contributed by atoms with E-state index in [1.54, 1.807) is 44.4 Å². The molecule has 2 aromatic carbocycles. The summed E-state index contributed by atoms with van der Waals surface area (Å²) in [5.74, 6) is 0.102. The Morgan fingerprint density at radius 3 is 2.53 bits per heavy atom. The number of halogens is 1. The van der Waals surface area contributed by atoms with Crippen molar-refractivity contribution in [3.8, 4) is 23.0 Å². The zero-order valence-corrected chi connectivity index (χ0v) is 18.0. The van der Waals surface area contributed by atoms with Gasteiger partial charge in [-0.15, -0.1) is 0 Å². The van der Waals surface area contributed by atoms with E-state index in [2.05, 4.69) is 15.3 Å². The first-order valence-electron chi connectivity index (χ1n) is 10.2. The molecule has 2 aromatic heterocycles. The fourth-order valence-corrected chi connectivity index (χ4v) is 3.32. The summed E-state index contributed by atoms with van der Waals surface area (Å²) in [5.41, 5.74) is 2.84. The number of pyridine rings is 1. The Labute approximate surface area is 185 Å². The first-order valence-corrected chi connectivity index (χ1v) is 10.2. The van der Waals surface area contributed by atoms with Crippen LogP contribution in [0.15, 0.2) is 77.7 Å². The SMILES string of the molecule is Cc1cccc(F)c1Oc1nc(NC(C)c2ccccc2)cc(-c2ccc(=O)n(C)c2)n1. The topological polar surface area (TPSA) is 69.0 Å². The third kappa shape index (κ3) is 4.67. The van der Waals surface area contributed by atoms with Gasteiger partial charge in [0, 0.05) is 37.0 Å². The van der Waals surface area contributed by atoms with E-state index in [0.29, 0.717) is 22.6 Å². The Hall–Kier alpha value is -4.00. The predicted octanol–water partition coefficient (Wildman–Crippen LogP) is 5.26. The van der Waals surface area contributed by atoms with Gasteiger partial charge < -0.3 is 14.6 Å². The van der Waals surface area contributed by atoms with Crippen LogP contribution < -0.4 is 15.6 Å². The Morgan fingerprint density at radius 2 is 1.81 bits per heavy atom. The molecule has 32 heavy (non-hydrogen) atoms. The molecule has 1 atom stereocenters. The van der Waals surface area contributed by atoms with E-state index in [4.69, 9.17) is 4.74 Å². The molecule has 0 aliphatic carbocycles. The molecule has 0 spiro atoms. The van der Waals surface area contributed by atoms with Gasteiger partial charge in [0.25, 0.3) is 0 Å². The molecule has 0 aliphatic rings. The maximum Gasteiger partial charge on any atom is 0.324 e. The standard InChI is InChI=1S/C25H23FN4O2/c1-16-8-7-11-20(26)24(16)32-25-28-21(19-12-13-23(31)30(3)15-19)14-22(29-25)27-17(2)18-9-5-4-6-10-18/h4-15,17H,1-3H3,(H,27,28,29).